The molecule has 2 aromatic heterocycles. The average Bonchev–Trinajstić information content (AvgIpc) is 2.79. The van der Waals surface area contributed by atoms with Gasteiger partial charge in [-0.05, 0) is 61.0 Å². The highest BCUT2D eigenvalue weighted by Gasteiger charge is 2.24. The predicted molar refractivity (Wildman–Crippen MR) is 115 cm³/mol. The van der Waals surface area contributed by atoms with Gasteiger partial charge >= 0.3 is 6.03 Å². The molecule has 1 unspecified atom stereocenters. The molecule has 154 valence electrons. The molecule has 2 heterocycles. The summed E-state index contributed by atoms with van der Waals surface area (Å²) in [6, 6.07) is -0.648. The summed E-state index contributed by atoms with van der Waals surface area (Å²) in [5.74, 6) is -0.435. The minimum atomic E-state index is -0.595. The van der Waals surface area contributed by atoms with Gasteiger partial charge in [0.25, 0.3) is 5.56 Å². The fourth-order valence-corrected chi connectivity index (χ4v) is 4.73. The molecule has 2 rings (SSSR count). The first-order valence-corrected chi connectivity index (χ1v) is 10.8. The maximum absolute atomic E-state index is 13.1. The summed E-state index contributed by atoms with van der Waals surface area (Å²) in [6.45, 7) is 14.9. The first kappa shape index (κ1) is 22.4. The molecule has 9 heteroatoms. The number of urea groups is 1. The van der Waals surface area contributed by atoms with E-state index < -0.39 is 22.7 Å². The molecular formula is C19H28N4O3S2. The Balaban J connectivity index is 2.32. The number of nitrogens with one attached hydrogen (secondary N) is 2. The van der Waals surface area contributed by atoms with Gasteiger partial charge < -0.3 is 5.32 Å². The first-order valence-electron chi connectivity index (χ1n) is 9.13. The van der Waals surface area contributed by atoms with Crippen LogP contribution in [0.25, 0.3) is 10.2 Å². The monoisotopic (exact) mass is 424 g/mol. The molecule has 0 aliphatic rings. The molecule has 0 bridgehead atoms. The normalized spacial score (nSPS) is 13.0. The Morgan fingerprint density at radius 3 is 2.32 bits per heavy atom. The molecule has 0 aromatic carbocycles. The predicted octanol–water partition coefficient (Wildman–Crippen LogP) is 3.76. The van der Waals surface area contributed by atoms with Crippen LogP contribution in [0.15, 0.2) is 9.95 Å². The van der Waals surface area contributed by atoms with Crippen molar-refractivity contribution >= 4 is 45.3 Å². The zero-order valence-corrected chi connectivity index (χ0v) is 19.2. The molecule has 0 aliphatic carbocycles. The van der Waals surface area contributed by atoms with Crippen molar-refractivity contribution in [2.45, 2.75) is 77.4 Å². The summed E-state index contributed by atoms with van der Waals surface area (Å²) in [6.07, 6.45) is 0. The largest absolute Gasteiger partial charge is 0.333 e. The van der Waals surface area contributed by atoms with Crippen LogP contribution in [0, 0.1) is 13.8 Å². The molecule has 28 heavy (non-hydrogen) atoms. The van der Waals surface area contributed by atoms with Crippen LogP contribution in [0.3, 0.4) is 0 Å². The third-order valence-electron chi connectivity index (χ3n) is 4.10. The van der Waals surface area contributed by atoms with Gasteiger partial charge in [0.05, 0.1) is 10.6 Å². The number of imide groups is 1. The number of thiophene rings is 1. The lowest BCUT2D eigenvalue weighted by Crippen LogP contribution is -2.49. The van der Waals surface area contributed by atoms with Gasteiger partial charge in [-0.25, -0.2) is 9.78 Å². The van der Waals surface area contributed by atoms with Crippen LogP contribution in [0.5, 0.6) is 0 Å². The Bertz CT molecular complexity index is 970. The van der Waals surface area contributed by atoms with Crippen LogP contribution in [-0.4, -0.2) is 32.3 Å². The number of hydrogen-bond acceptors (Lipinski definition) is 6. The van der Waals surface area contributed by atoms with Gasteiger partial charge in [0, 0.05) is 16.5 Å². The van der Waals surface area contributed by atoms with E-state index in [4.69, 9.17) is 0 Å². The molecule has 2 aromatic rings. The number of nitrogens with zero attached hydrogens (tertiary/aromatic N) is 2. The van der Waals surface area contributed by atoms with Gasteiger partial charge in [0.2, 0.25) is 5.91 Å². The van der Waals surface area contributed by atoms with Gasteiger partial charge in [-0.15, -0.1) is 11.3 Å². The fourth-order valence-electron chi connectivity index (χ4n) is 2.62. The summed E-state index contributed by atoms with van der Waals surface area (Å²) in [4.78, 5) is 43.8. The van der Waals surface area contributed by atoms with Crippen LogP contribution in [0.1, 0.15) is 58.0 Å². The number of amides is 3. The summed E-state index contributed by atoms with van der Waals surface area (Å²) in [5, 5.41) is 5.56. The minimum Gasteiger partial charge on any atom is -0.333 e. The number of carbonyl (C=O) groups excluding carboxylic acids is 2. The van der Waals surface area contributed by atoms with Crippen molar-refractivity contribution in [2.75, 3.05) is 0 Å². The van der Waals surface area contributed by atoms with E-state index in [-0.39, 0.29) is 11.6 Å². The van der Waals surface area contributed by atoms with E-state index in [9.17, 15) is 14.4 Å². The van der Waals surface area contributed by atoms with Crippen LogP contribution in [0.4, 0.5) is 4.79 Å². The van der Waals surface area contributed by atoms with E-state index in [1.165, 1.54) is 23.1 Å². The van der Waals surface area contributed by atoms with E-state index in [1.807, 2.05) is 48.5 Å². The van der Waals surface area contributed by atoms with E-state index >= 15 is 0 Å². The lowest BCUT2D eigenvalue weighted by atomic mass is 10.1. The highest BCUT2D eigenvalue weighted by Crippen LogP contribution is 2.30. The molecule has 0 saturated carbocycles. The molecule has 7 nitrogen and oxygen atoms in total. The van der Waals surface area contributed by atoms with Crippen molar-refractivity contribution in [1.29, 1.82) is 0 Å². The van der Waals surface area contributed by atoms with Gasteiger partial charge in [-0.2, -0.15) is 0 Å². The Hall–Kier alpha value is -1.87. The van der Waals surface area contributed by atoms with Crippen LogP contribution in [0.2, 0.25) is 0 Å². The van der Waals surface area contributed by atoms with Crippen LogP contribution >= 0.6 is 23.1 Å². The summed E-state index contributed by atoms with van der Waals surface area (Å²) in [7, 11) is 0. The minimum absolute atomic E-state index is 0.0950. The molecule has 0 spiro atoms. The van der Waals surface area contributed by atoms with Crippen LogP contribution in [-0.2, 0) is 4.79 Å². The molecule has 0 fully saturated rings. The molecule has 1 atom stereocenters. The van der Waals surface area contributed by atoms with Crippen molar-refractivity contribution in [2.24, 2.45) is 0 Å². The molecule has 0 saturated heterocycles. The Morgan fingerprint density at radius 1 is 1.18 bits per heavy atom. The summed E-state index contributed by atoms with van der Waals surface area (Å²) >= 11 is 2.65. The van der Waals surface area contributed by atoms with Gasteiger partial charge in [0.15, 0.2) is 5.16 Å². The second-order valence-electron chi connectivity index (χ2n) is 8.08. The average molecular weight is 425 g/mol. The Kier molecular flexibility index (Phi) is 6.60. The van der Waals surface area contributed by atoms with Crippen molar-refractivity contribution in [1.82, 2.24) is 20.2 Å². The van der Waals surface area contributed by atoms with Crippen molar-refractivity contribution in [3.05, 3.63) is 20.8 Å². The highest BCUT2D eigenvalue weighted by molar-refractivity contribution is 8.00. The Labute approximate surface area is 173 Å². The third-order valence-corrected chi connectivity index (χ3v) is 6.26. The van der Waals surface area contributed by atoms with Crippen molar-refractivity contribution in [3.63, 3.8) is 0 Å². The number of aryl methyl sites for hydroxylation is 2. The van der Waals surface area contributed by atoms with Crippen LogP contribution < -0.4 is 16.2 Å². The highest BCUT2D eigenvalue weighted by atomic mass is 32.2. The first-order chi connectivity index (χ1) is 12.8. The SMILES string of the molecule is Cc1sc2nc(SC(C)C(=O)NC(=O)NC(C)(C)C)n(C(C)C)c(=O)c2c1C. The van der Waals surface area contributed by atoms with Gasteiger partial charge in [-0.1, -0.05) is 11.8 Å². The third kappa shape index (κ3) is 4.94. The number of carbonyl (C=O) groups is 2. The number of rotatable bonds is 4. The van der Waals surface area contributed by atoms with Gasteiger partial charge in [-0.3, -0.25) is 19.5 Å². The molecule has 0 aliphatic heterocycles. The van der Waals surface area contributed by atoms with E-state index in [0.29, 0.717) is 15.4 Å². The number of hydrogen-bond donors (Lipinski definition) is 2. The molecule has 0 radical (unpaired) electrons. The standard InChI is InChI=1S/C19H28N4O3S2/c1-9(2)23-16(25)13-10(3)11(4)27-15(13)21-18(23)28-12(5)14(24)20-17(26)22-19(6,7)8/h9,12H,1-8H3,(H2,20,22,24,26). The van der Waals surface area contributed by atoms with Crippen molar-refractivity contribution in [3.8, 4) is 0 Å². The number of fused-ring (bicyclic) bond motifs is 1. The lowest BCUT2D eigenvalue weighted by molar-refractivity contribution is -0.119. The van der Waals surface area contributed by atoms with E-state index in [0.717, 1.165) is 10.4 Å². The second kappa shape index (κ2) is 8.24. The van der Waals surface area contributed by atoms with E-state index in [2.05, 4.69) is 15.6 Å². The van der Waals surface area contributed by atoms with Crippen molar-refractivity contribution < 1.29 is 9.59 Å². The number of aromatic nitrogens is 2. The zero-order valence-electron chi connectivity index (χ0n) is 17.6. The molecule has 3 amide bonds. The molecular weight excluding hydrogens is 396 g/mol. The lowest BCUT2D eigenvalue weighted by Gasteiger charge is -2.21. The smallest absolute Gasteiger partial charge is 0.321 e. The zero-order chi connectivity index (χ0) is 21.4. The van der Waals surface area contributed by atoms with Gasteiger partial charge in [0.1, 0.15) is 4.83 Å². The summed E-state index contributed by atoms with van der Waals surface area (Å²) < 4.78 is 1.62. The summed E-state index contributed by atoms with van der Waals surface area (Å²) in [5.41, 5.74) is 0.413. The van der Waals surface area contributed by atoms with E-state index in [1.54, 1.807) is 11.5 Å². The molecule has 2 N–H and O–H groups in total. The Morgan fingerprint density at radius 2 is 1.79 bits per heavy atom. The maximum atomic E-state index is 13.1. The topological polar surface area (TPSA) is 93.1 Å². The quantitative estimate of drug-likeness (QED) is 0.576. The second-order valence-corrected chi connectivity index (χ2v) is 10.6. The number of thioether (sulfide) groups is 1. The fraction of sp³-hybridized carbons (Fsp3) is 0.579. The maximum Gasteiger partial charge on any atom is 0.321 e.